The number of phenolic OH excluding ortho intramolecular Hbond substituents is 1. The third-order valence-corrected chi connectivity index (χ3v) is 3.17. The van der Waals surface area contributed by atoms with Gasteiger partial charge in [-0.2, -0.15) is 5.10 Å². The molecule has 0 saturated heterocycles. The number of hydrogen-bond donors (Lipinski definition) is 3. The summed E-state index contributed by atoms with van der Waals surface area (Å²) in [6, 6.07) is 9.74. The molecule has 6 heteroatoms. The molecule has 0 spiro atoms. The molecule has 0 aliphatic heterocycles. The summed E-state index contributed by atoms with van der Waals surface area (Å²) in [6.07, 6.45) is 1.63. The number of nitrogens with one attached hydrogen (secondary N) is 2. The lowest BCUT2D eigenvalue weighted by molar-refractivity contribution is 0.102. The van der Waals surface area contributed by atoms with Crippen LogP contribution in [0.1, 0.15) is 10.4 Å². The minimum Gasteiger partial charge on any atom is -0.507 e. The van der Waals surface area contributed by atoms with Gasteiger partial charge in [-0.1, -0.05) is 17.7 Å². The molecule has 1 aromatic heterocycles. The number of carbonyl (C=O) groups excluding carboxylic acids is 1. The van der Waals surface area contributed by atoms with Crippen LogP contribution in [0, 0.1) is 0 Å². The van der Waals surface area contributed by atoms with Gasteiger partial charge in [-0.3, -0.25) is 9.89 Å². The van der Waals surface area contributed by atoms with E-state index in [-0.39, 0.29) is 11.3 Å². The standard InChI is InChI=1S/C14H10ClN3O2/c15-8-4-5-13(19)9(6-8)14(20)17-11-2-1-3-12-10(11)7-16-18-12/h1-7,19H,(H,16,18)(H,17,20). The fourth-order valence-corrected chi connectivity index (χ4v) is 2.13. The van der Waals surface area contributed by atoms with Crippen LogP contribution in [0.3, 0.4) is 0 Å². The number of nitrogens with zero attached hydrogens (tertiary/aromatic N) is 1. The Morgan fingerprint density at radius 2 is 2.15 bits per heavy atom. The van der Waals surface area contributed by atoms with Gasteiger partial charge in [0.05, 0.1) is 23.0 Å². The number of amides is 1. The summed E-state index contributed by atoms with van der Waals surface area (Å²) in [5.41, 5.74) is 1.55. The normalized spacial score (nSPS) is 10.7. The number of carbonyl (C=O) groups is 1. The molecule has 0 unspecified atom stereocenters. The first-order valence-corrected chi connectivity index (χ1v) is 6.25. The van der Waals surface area contributed by atoms with Gasteiger partial charge in [-0.05, 0) is 30.3 Å². The highest BCUT2D eigenvalue weighted by atomic mass is 35.5. The maximum atomic E-state index is 12.2. The van der Waals surface area contributed by atoms with Crippen molar-refractivity contribution in [2.75, 3.05) is 5.32 Å². The molecule has 3 aromatic rings. The Bertz CT molecular complexity index is 798. The maximum Gasteiger partial charge on any atom is 0.259 e. The van der Waals surface area contributed by atoms with Crippen LogP contribution in [-0.4, -0.2) is 21.2 Å². The molecular formula is C14H10ClN3O2. The maximum absolute atomic E-state index is 12.2. The molecule has 3 rings (SSSR count). The van der Waals surface area contributed by atoms with Crippen LogP contribution < -0.4 is 5.32 Å². The number of aromatic hydroxyl groups is 1. The predicted octanol–water partition coefficient (Wildman–Crippen LogP) is 3.17. The van der Waals surface area contributed by atoms with Crippen LogP contribution in [0.25, 0.3) is 10.9 Å². The molecule has 2 aromatic carbocycles. The topological polar surface area (TPSA) is 78.0 Å². The number of anilines is 1. The summed E-state index contributed by atoms with van der Waals surface area (Å²) >= 11 is 5.84. The number of rotatable bonds is 2. The molecule has 3 N–H and O–H groups in total. The van der Waals surface area contributed by atoms with Crippen molar-refractivity contribution in [3.8, 4) is 5.75 Å². The van der Waals surface area contributed by atoms with E-state index in [1.165, 1.54) is 18.2 Å². The second kappa shape index (κ2) is 4.86. The van der Waals surface area contributed by atoms with Crippen molar-refractivity contribution in [3.63, 3.8) is 0 Å². The fourth-order valence-electron chi connectivity index (χ4n) is 1.96. The third kappa shape index (κ3) is 2.19. The predicted molar refractivity (Wildman–Crippen MR) is 77.2 cm³/mol. The molecule has 100 valence electrons. The highest BCUT2D eigenvalue weighted by molar-refractivity contribution is 6.31. The molecule has 0 bridgehead atoms. The third-order valence-electron chi connectivity index (χ3n) is 2.94. The Labute approximate surface area is 119 Å². The zero-order chi connectivity index (χ0) is 14.1. The van der Waals surface area contributed by atoms with Gasteiger partial charge in [0.1, 0.15) is 5.75 Å². The van der Waals surface area contributed by atoms with E-state index in [2.05, 4.69) is 15.5 Å². The molecule has 20 heavy (non-hydrogen) atoms. The second-order valence-corrected chi connectivity index (χ2v) is 4.69. The molecule has 1 heterocycles. The minimum absolute atomic E-state index is 0.119. The SMILES string of the molecule is O=C(Nc1cccc2[nH]ncc12)c1cc(Cl)ccc1O. The summed E-state index contributed by atoms with van der Waals surface area (Å²) in [5.74, 6) is -0.551. The lowest BCUT2D eigenvalue weighted by Crippen LogP contribution is -2.12. The number of H-pyrrole nitrogens is 1. The van der Waals surface area contributed by atoms with E-state index in [1.54, 1.807) is 18.3 Å². The second-order valence-electron chi connectivity index (χ2n) is 4.25. The van der Waals surface area contributed by atoms with Crippen molar-refractivity contribution in [1.82, 2.24) is 10.2 Å². The summed E-state index contributed by atoms with van der Waals surface area (Å²) < 4.78 is 0. The number of phenols is 1. The molecular weight excluding hydrogens is 278 g/mol. The van der Waals surface area contributed by atoms with Gasteiger partial charge in [-0.15, -0.1) is 0 Å². The lowest BCUT2D eigenvalue weighted by atomic mass is 10.1. The zero-order valence-corrected chi connectivity index (χ0v) is 11.0. The lowest BCUT2D eigenvalue weighted by Gasteiger charge is -2.08. The van der Waals surface area contributed by atoms with Gasteiger partial charge in [0.2, 0.25) is 0 Å². The number of aromatic nitrogens is 2. The Kier molecular flexibility index (Phi) is 3.04. The smallest absolute Gasteiger partial charge is 0.259 e. The van der Waals surface area contributed by atoms with Crippen LogP contribution in [0.2, 0.25) is 5.02 Å². The first-order valence-electron chi connectivity index (χ1n) is 5.87. The van der Waals surface area contributed by atoms with Crippen LogP contribution in [-0.2, 0) is 0 Å². The van der Waals surface area contributed by atoms with E-state index in [0.29, 0.717) is 10.7 Å². The quantitative estimate of drug-likeness (QED) is 0.677. The summed E-state index contributed by atoms with van der Waals surface area (Å²) in [5, 5.41) is 20.4. The van der Waals surface area contributed by atoms with Crippen LogP contribution >= 0.6 is 11.6 Å². The van der Waals surface area contributed by atoms with E-state index >= 15 is 0 Å². The molecule has 5 nitrogen and oxygen atoms in total. The number of fused-ring (bicyclic) bond motifs is 1. The minimum atomic E-state index is -0.432. The van der Waals surface area contributed by atoms with Gasteiger partial charge < -0.3 is 10.4 Å². The average molecular weight is 288 g/mol. The Hall–Kier alpha value is -2.53. The van der Waals surface area contributed by atoms with Crippen molar-refractivity contribution in [2.24, 2.45) is 0 Å². The Morgan fingerprint density at radius 3 is 3.00 bits per heavy atom. The van der Waals surface area contributed by atoms with Gasteiger partial charge in [0.15, 0.2) is 0 Å². The largest absolute Gasteiger partial charge is 0.507 e. The van der Waals surface area contributed by atoms with Crippen molar-refractivity contribution >= 4 is 34.1 Å². The van der Waals surface area contributed by atoms with E-state index < -0.39 is 5.91 Å². The Morgan fingerprint density at radius 1 is 1.30 bits per heavy atom. The van der Waals surface area contributed by atoms with Gasteiger partial charge in [0.25, 0.3) is 5.91 Å². The Balaban J connectivity index is 1.96. The van der Waals surface area contributed by atoms with Gasteiger partial charge in [-0.25, -0.2) is 0 Å². The highest BCUT2D eigenvalue weighted by Crippen LogP contribution is 2.25. The number of hydrogen-bond acceptors (Lipinski definition) is 3. The van der Waals surface area contributed by atoms with E-state index in [1.807, 2.05) is 6.07 Å². The molecule has 0 aliphatic carbocycles. The molecule has 0 fully saturated rings. The van der Waals surface area contributed by atoms with E-state index in [9.17, 15) is 9.90 Å². The van der Waals surface area contributed by atoms with E-state index in [4.69, 9.17) is 11.6 Å². The van der Waals surface area contributed by atoms with Crippen LogP contribution in [0.15, 0.2) is 42.6 Å². The first kappa shape index (κ1) is 12.5. The number of benzene rings is 2. The van der Waals surface area contributed by atoms with Crippen molar-refractivity contribution < 1.29 is 9.90 Å². The van der Waals surface area contributed by atoms with Crippen LogP contribution in [0.5, 0.6) is 5.75 Å². The summed E-state index contributed by atoms with van der Waals surface area (Å²) in [4.78, 5) is 12.2. The van der Waals surface area contributed by atoms with Crippen molar-refractivity contribution in [1.29, 1.82) is 0 Å². The molecule has 0 aliphatic rings. The van der Waals surface area contributed by atoms with Crippen LogP contribution in [0.4, 0.5) is 5.69 Å². The van der Waals surface area contributed by atoms with Crippen molar-refractivity contribution in [3.05, 3.63) is 53.2 Å². The van der Waals surface area contributed by atoms with Crippen molar-refractivity contribution in [2.45, 2.75) is 0 Å². The zero-order valence-electron chi connectivity index (χ0n) is 10.2. The number of halogens is 1. The molecule has 0 atom stereocenters. The summed E-state index contributed by atoms with van der Waals surface area (Å²) in [7, 11) is 0. The van der Waals surface area contributed by atoms with E-state index in [0.717, 1.165) is 10.9 Å². The first-order chi connectivity index (χ1) is 9.65. The monoisotopic (exact) mass is 287 g/mol. The summed E-state index contributed by atoms with van der Waals surface area (Å²) in [6.45, 7) is 0. The molecule has 1 amide bonds. The fraction of sp³-hybridized carbons (Fsp3) is 0. The molecule has 0 saturated carbocycles. The number of aromatic amines is 1. The highest BCUT2D eigenvalue weighted by Gasteiger charge is 2.13. The average Bonchev–Trinajstić information content (AvgIpc) is 2.91. The van der Waals surface area contributed by atoms with Gasteiger partial charge >= 0.3 is 0 Å². The molecule has 0 radical (unpaired) electrons. The van der Waals surface area contributed by atoms with Gasteiger partial charge in [0, 0.05) is 10.4 Å².